The molecular weight excluding hydrogens is 228 g/mol. The highest BCUT2D eigenvalue weighted by Gasteiger charge is 2.27. The van der Waals surface area contributed by atoms with Crippen LogP contribution in [0.3, 0.4) is 0 Å². The van der Waals surface area contributed by atoms with Gasteiger partial charge in [-0.3, -0.25) is 4.79 Å². The van der Waals surface area contributed by atoms with Crippen LogP contribution in [0.4, 0.5) is 5.82 Å². The highest BCUT2D eigenvalue weighted by atomic mass is 16.1. The Bertz CT molecular complexity index is 474. The number of likely N-dealkylation sites (N-methyl/N-ethyl adjacent to an activating group) is 1. The van der Waals surface area contributed by atoms with Gasteiger partial charge in [0, 0.05) is 31.6 Å². The Morgan fingerprint density at radius 1 is 1.39 bits per heavy atom. The van der Waals surface area contributed by atoms with Crippen LogP contribution in [-0.4, -0.2) is 36.1 Å². The van der Waals surface area contributed by atoms with E-state index >= 15 is 0 Å². The van der Waals surface area contributed by atoms with Gasteiger partial charge in [-0.2, -0.15) is 0 Å². The van der Waals surface area contributed by atoms with E-state index in [1.807, 2.05) is 7.05 Å². The number of H-pyrrole nitrogens is 1. The van der Waals surface area contributed by atoms with E-state index in [4.69, 9.17) is 0 Å². The van der Waals surface area contributed by atoms with Gasteiger partial charge in [0.15, 0.2) is 0 Å². The number of aromatic amines is 1. The summed E-state index contributed by atoms with van der Waals surface area (Å²) in [6.07, 6.45) is 4.66. The molecule has 0 amide bonds. The van der Waals surface area contributed by atoms with E-state index in [-0.39, 0.29) is 5.56 Å². The van der Waals surface area contributed by atoms with Crippen LogP contribution in [0.5, 0.6) is 0 Å². The second-order valence-electron chi connectivity index (χ2n) is 5.37. The van der Waals surface area contributed by atoms with Crippen molar-refractivity contribution in [2.24, 2.45) is 0 Å². The fourth-order valence-corrected chi connectivity index (χ4v) is 2.55. The number of anilines is 1. The SMILES string of the molecule is CN(c1cc(=O)[nH]c(C2CC2)n1)C1CCCNC1. The van der Waals surface area contributed by atoms with Crippen molar-refractivity contribution in [3.8, 4) is 0 Å². The molecule has 0 spiro atoms. The Morgan fingerprint density at radius 2 is 2.22 bits per heavy atom. The van der Waals surface area contributed by atoms with Crippen LogP contribution < -0.4 is 15.8 Å². The van der Waals surface area contributed by atoms with Gasteiger partial charge in [-0.1, -0.05) is 0 Å². The Labute approximate surface area is 107 Å². The monoisotopic (exact) mass is 248 g/mol. The molecule has 0 bridgehead atoms. The molecule has 2 fully saturated rings. The maximum Gasteiger partial charge on any atom is 0.252 e. The Balaban J connectivity index is 1.83. The Hall–Kier alpha value is -1.36. The normalized spacial score (nSPS) is 23.9. The molecule has 0 aromatic carbocycles. The molecule has 2 aliphatic rings. The number of hydrogen-bond donors (Lipinski definition) is 2. The summed E-state index contributed by atoms with van der Waals surface area (Å²) in [5.41, 5.74) is -0.0301. The standard InChI is InChI=1S/C13H20N4O/c1-17(10-3-2-6-14-8-10)11-7-12(18)16-13(15-11)9-4-5-9/h7,9-10,14H,2-6,8H2,1H3,(H,15,16,18). The summed E-state index contributed by atoms with van der Waals surface area (Å²) in [6, 6.07) is 2.06. The van der Waals surface area contributed by atoms with Crippen LogP contribution in [0, 0.1) is 0 Å². The molecule has 2 N–H and O–H groups in total. The first-order chi connectivity index (χ1) is 8.74. The summed E-state index contributed by atoms with van der Waals surface area (Å²) in [6.45, 7) is 2.07. The highest BCUT2D eigenvalue weighted by Crippen LogP contribution is 2.37. The summed E-state index contributed by atoms with van der Waals surface area (Å²) in [5.74, 6) is 2.16. The molecule has 1 atom stereocenters. The first-order valence-corrected chi connectivity index (χ1v) is 6.79. The number of nitrogens with one attached hydrogen (secondary N) is 2. The highest BCUT2D eigenvalue weighted by molar-refractivity contribution is 5.38. The van der Waals surface area contributed by atoms with Gasteiger partial charge in [0.05, 0.1) is 0 Å². The lowest BCUT2D eigenvalue weighted by Gasteiger charge is -2.32. The predicted molar refractivity (Wildman–Crippen MR) is 71.1 cm³/mol. The molecule has 0 radical (unpaired) electrons. The zero-order chi connectivity index (χ0) is 12.5. The molecule has 5 nitrogen and oxygen atoms in total. The molecular formula is C13H20N4O. The number of aromatic nitrogens is 2. The first kappa shape index (κ1) is 11.7. The third kappa shape index (κ3) is 2.41. The van der Waals surface area contributed by atoms with Crippen molar-refractivity contribution in [2.75, 3.05) is 25.0 Å². The third-order valence-electron chi connectivity index (χ3n) is 3.89. The van der Waals surface area contributed by atoms with E-state index in [9.17, 15) is 4.79 Å². The van der Waals surface area contributed by atoms with Gasteiger partial charge in [0.1, 0.15) is 11.6 Å². The Kier molecular flexibility index (Phi) is 3.07. The maximum absolute atomic E-state index is 11.7. The molecule has 1 aliphatic carbocycles. The lowest BCUT2D eigenvalue weighted by molar-refractivity contribution is 0.443. The second-order valence-corrected chi connectivity index (χ2v) is 5.37. The van der Waals surface area contributed by atoms with Gasteiger partial charge in [-0.05, 0) is 32.2 Å². The van der Waals surface area contributed by atoms with Crippen molar-refractivity contribution in [3.63, 3.8) is 0 Å². The van der Waals surface area contributed by atoms with Crippen LogP contribution >= 0.6 is 0 Å². The summed E-state index contributed by atoms with van der Waals surface area (Å²) < 4.78 is 0. The van der Waals surface area contributed by atoms with E-state index in [1.54, 1.807) is 6.07 Å². The lowest BCUT2D eigenvalue weighted by Crippen LogP contribution is -2.44. The largest absolute Gasteiger partial charge is 0.355 e. The minimum absolute atomic E-state index is 0.0301. The predicted octanol–water partition coefficient (Wildman–Crippen LogP) is 0.835. The van der Waals surface area contributed by atoms with Gasteiger partial charge < -0.3 is 15.2 Å². The van der Waals surface area contributed by atoms with Gasteiger partial charge >= 0.3 is 0 Å². The number of nitrogens with zero attached hydrogens (tertiary/aromatic N) is 2. The Morgan fingerprint density at radius 3 is 2.89 bits per heavy atom. The molecule has 1 aliphatic heterocycles. The molecule has 2 heterocycles. The molecule has 98 valence electrons. The fraction of sp³-hybridized carbons (Fsp3) is 0.692. The van der Waals surface area contributed by atoms with Crippen molar-refractivity contribution in [1.29, 1.82) is 0 Å². The summed E-state index contributed by atoms with van der Waals surface area (Å²) in [5, 5.41) is 3.39. The van der Waals surface area contributed by atoms with E-state index in [0.29, 0.717) is 12.0 Å². The van der Waals surface area contributed by atoms with Crippen LogP contribution in [-0.2, 0) is 0 Å². The fourth-order valence-electron chi connectivity index (χ4n) is 2.55. The average molecular weight is 248 g/mol. The van der Waals surface area contributed by atoms with E-state index in [1.165, 1.54) is 6.42 Å². The zero-order valence-electron chi connectivity index (χ0n) is 10.8. The summed E-state index contributed by atoms with van der Waals surface area (Å²) >= 11 is 0. The maximum atomic E-state index is 11.7. The molecule has 3 rings (SSSR count). The van der Waals surface area contributed by atoms with Gasteiger partial charge in [-0.25, -0.2) is 4.98 Å². The molecule has 1 aromatic heterocycles. The molecule has 1 saturated heterocycles. The topological polar surface area (TPSA) is 61.0 Å². The smallest absolute Gasteiger partial charge is 0.252 e. The van der Waals surface area contributed by atoms with Crippen molar-refractivity contribution < 1.29 is 0 Å². The number of piperidine rings is 1. The number of hydrogen-bond acceptors (Lipinski definition) is 4. The van der Waals surface area contributed by atoms with Crippen LogP contribution in [0.1, 0.15) is 37.4 Å². The van der Waals surface area contributed by atoms with Gasteiger partial charge in [0.25, 0.3) is 5.56 Å². The lowest BCUT2D eigenvalue weighted by atomic mass is 10.1. The minimum atomic E-state index is -0.0301. The number of rotatable bonds is 3. The summed E-state index contributed by atoms with van der Waals surface area (Å²) in [4.78, 5) is 21.3. The van der Waals surface area contributed by atoms with Crippen LogP contribution in [0.2, 0.25) is 0 Å². The van der Waals surface area contributed by atoms with Gasteiger partial charge in [0.2, 0.25) is 0 Å². The van der Waals surface area contributed by atoms with Crippen molar-refractivity contribution >= 4 is 5.82 Å². The van der Waals surface area contributed by atoms with Crippen LogP contribution in [0.25, 0.3) is 0 Å². The quantitative estimate of drug-likeness (QED) is 0.832. The van der Waals surface area contributed by atoms with Crippen LogP contribution in [0.15, 0.2) is 10.9 Å². The van der Waals surface area contributed by atoms with E-state index < -0.39 is 0 Å². The average Bonchev–Trinajstić information content (AvgIpc) is 3.22. The second kappa shape index (κ2) is 4.72. The molecule has 5 heteroatoms. The third-order valence-corrected chi connectivity index (χ3v) is 3.89. The summed E-state index contributed by atoms with van der Waals surface area (Å²) in [7, 11) is 2.04. The minimum Gasteiger partial charge on any atom is -0.355 e. The van der Waals surface area contributed by atoms with E-state index in [0.717, 1.165) is 44.0 Å². The van der Waals surface area contributed by atoms with Gasteiger partial charge in [-0.15, -0.1) is 0 Å². The molecule has 18 heavy (non-hydrogen) atoms. The van der Waals surface area contributed by atoms with Crippen molar-refractivity contribution in [3.05, 3.63) is 22.2 Å². The first-order valence-electron chi connectivity index (χ1n) is 6.79. The van der Waals surface area contributed by atoms with E-state index in [2.05, 4.69) is 20.2 Å². The van der Waals surface area contributed by atoms with Crippen molar-refractivity contribution in [2.45, 2.75) is 37.6 Å². The molecule has 1 unspecified atom stereocenters. The van der Waals surface area contributed by atoms with Crippen molar-refractivity contribution in [1.82, 2.24) is 15.3 Å². The molecule has 1 saturated carbocycles. The molecule has 1 aromatic rings. The zero-order valence-corrected chi connectivity index (χ0v) is 10.8.